The maximum Gasteiger partial charge on any atom is 0.248 e. The zero-order valence-electron chi connectivity index (χ0n) is 9.64. The van der Waals surface area contributed by atoms with Crippen molar-refractivity contribution in [3.05, 3.63) is 59.7 Å². The molecule has 0 saturated heterocycles. The van der Waals surface area contributed by atoms with Crippen molar-refractivity contribution in [2.45, 2.75) is 13.3 Å². The van der Waals surface area contributed by atoms with Gasteiger partial charge < -0.3 is 0 Å². The Bertz CT molecular complexity index is 576. The van der Waals surface area contributed by atoms with E-state index < -0.39 is 0 Å². The first-order chi connectivity index (χ1) is 7.75. The van der Waals surface area contributed by atoms with E-state index in [1.807, 2.05) is 7.05 Å². The van der Waals surface area contributed by atoms with Crippen molar-refractivity contribution in [1.29, 1.82) is 0 Å². The number of rotatable bonds is 1. The van der Waals surface area contributed by atoms with Gasteiger partial charge in [0.15, 0.2) is 0 Å². The predicted molar refractivity (Wildman–Crippen MR) is 63.9 cm³/mol. The zero-order valence-corrected chi connectivity index (χ0v) is 9.64. The minimum Gasteiger partial charge on any atom is -0.239 e. The molecule has 0 amide bonds. The Morgan fingerprint density at radius 1 is 1.31 bits per heavy atom. The molecule has 1 aliphatic carbocycles. The van der Waals surface area contributed by atoms with E-state index in [2.05, 4.69) is 59.1 Å². The van der Waals surface area contributed by atoms with Gasteiger partial charge in [-0.25, -0.2) is 9.13 Å². The monoisotopic (exact) mass is 211 g/mol. The minimum absolute atomic E-state index is 1.05. The number of allylic oxidation sites excluding steroid dienone is 1. The summed E-state index contributed by atoms with van der Waals surface area (Å²) in [7, 11) is 2.05. The first-order valence-electron chi connectivity index (χ1n) is 5.58. The van der Waals surface area contributed by atoms with Crippen molar-refractivity contribution >= 4 is 5.70 Å². The number of hydrogen-bond donors (Lipinski definition) is 0. The number of aromatic nitrogens is 2. The molecule has 2 aromatic rings. The lowest BCUT2D eigenvalue weighted by Gasteiger charge is -2.05. The molecule has 1 aromatic heterocycles. The molecular formula is C14H15N2+. The summed E-state index contributed by atoms with van der Waals surface area (Å²) in [6.45, 7) is 2.18. The fourth-order valence-electron chi connectivity index (χ4n) is 2.40. The van der Waals surface area contributed by atoms with Gasteiger partial charge >= 0.3 is 0 Å². The summed E-state index contributed by atoms with van der Waals surface area (Å²) in [6.07, 6.45) is 9.63. The summed E-state index contributed by atoms with van der Waals surface area (Å²) in [5.74, 6) is 0. The molecule has 3 rings (SSSR count). The number of hydrogen-bond acceptors (Lipinski definition) is 0. The molecule has 1 aromatic carbocycles. The molecule has 0 radical (unpaired) electrons. The third-order valence-electron chi connectivity index (χ3n) is 3.18. The van der Waals surface area contributed by atoms with Gasteiger partial charge in [0.2, 0.25) is 6.33 Å². The van der Waals surface area contributed by atoms with Crippen molar-refractivity contribution in [3.8, 4) is 0 Å². The number of imidazole rings is 1. The van der Waals surface area contributed by atoms with Gasteiger partial charge in [-0.1, -0.05) is 18.2 Å². The molecule has 2 heteroatoms. The van der Waals surface area contributed by atoms with Crippen molar-refractivity contribution in [3.63, 3.8) is 0 Å². The van der Waals surface area contributed by atoms with Crippen LogP contribution in [-0.2, 0) is 13.5 Å². The van der Waals surface area contributed by atoms with Crippen molar-refractivity contribution < 1.29 is 4.57 Å². The van der Waals surface area contributed by atoms with E-state index in [-0.39, 0.29) is 0 Å². The quantitative estimate of drug-likeness (QED) is 0.638. The van der Waals surface area contributed by atoms with Crippen LogP contribution in [0.25, 0.3) is 5.70 Å². The Morgan fingerprint density at radius 3 is 2.94 bits per heavy atom. The summed E-state index contributed by atoms with van der Waals surface area (Å²) in [6, 6.07) is 6.54. The predicted octanol–water partition coefficient (Wildman–Crippen LogP) is 2.07. The Morgan fingerprint density at radius 2 is 2.19 bits per heavy atom. The molecule has 0 saturated carbocycles. The molecule has 1 aliphatic rings. The normalized spacial score (nSPS) is 13.8. The van der Waals surface area contributed by atoms with Gasteiger partial charge in [-0.3, -0.25) is 0 Å². The van der Waals surface area contributed by atoms with Gasteiger partial charge in [-0.15, -0.1) is 0 Å². The van der Waals surface area contributed by atoms with Gasteiger partial charge in [0.25, 0.3) is 0 Å². The fourth-order valence-corrected chi connectivity index (χ4v) is 2.40. The average molecular weight is 211 g/mol. The van der Waals surface area contributed by atoms with Gasteiger partial charge in [-0.2, -0.15) is 0 Å². The summed E-state index contributed by atoms with van der Waals surface area (Å²) >= 11 is 0. The van der Waals surface area contributed by atoms with Crippen LogP contribution in [0.2, 0.25) is 0 Å². The van der Waals surface area contributed by atoms with E-state index in [4.69, 9.17) is 0 Å². The third kappa shape index (κ3) is 1.30. The highest BCUT2D eigenvalue weighted by molar-refractivity contribution is 5.75. The maximum atomic E-state index is 2.30. The Balaban J connectivity index is 2.15. The number of aryl methyl sites for hydroxylation is 2. The smallest absolute Gasteiger partial charge is 0.239 e. The van der Waals surface area contributed by atoms with Crippen LogP contribution >= 0.6 is 0 Å². The zero-order chi connectivity index (χ0) is 11.1. The molecular weight excluding hydrogens is 196 g/mol. The van der Waals surface area contributed by atoms with Crippen LogP contribution in [-0.4, -0.2) is 4.57 Å². The lowest BCUT2D eigenvalue weighted by atomic mass is 10.0. The highest BCUT2D eigenvalue weighted by Crippen LogP contribution is 2.30. The first-order valence-corrected chi connectivity index (χ1v) is 5.58. The lowest BCUT2D eigenvalue weighted by Crippen LogP contribution is -2.23. The topological polar surface area (TPSA) is 8.81 Å². The van der Waals surface area contributed by atoms with Crippen LogP contribution < -0.4 is 4.57 Å². The van der Waals surface area contributed by atoms with E-state index in [1.54, 1.807) is 0 Å². The molecule has 80 valence electrons. The summed E-state index contributed by atoms with van der Waals surface area (Å²) in [4.78, 5) is 0. The Kier molecular flexibility index (Phi) is 1.96. The first kappa shape index (κ1) is 9.40. The summed E-state index contributed by atoms with van der Waals surface area (Å²) in [5, 5.41) is 0. The van der Waals surface area contributed by atoms with Gasteiger partial charge in [0, 0.05) is 5.56 Å². The second kappa shape index (κ2) is 3.34. The SMILES string of the molecule is Cc1cccc2c1C(n1cc[n+](C)c1)=CC2. The van der Waals surface area contributed by atoms with E-state index in [1.165, 1.54) is 22.4 Å². The van der Waals surface area contributed by atoms with E-state index in [9.17, 15) is 0 Å². The standard InChI is InChI=1S/C14H15N2/c1-11-4-3-5-12-6-7-13(14(11)12)16-9-8-15(2)10-16/h3-5,7-10H,6H2,1-2H3/q+1. The van der Waals surface area contributed by atoms with Crippen molar-refractivity contribution in [2.24, 2.45) is 7.05 Å². The van der Waals surface area contributed by atoms with E-state index in [0.29, 0.717) is 0 Å². The van der Waals surface area contributed by atoms with Crippen LogP contribution in [0.15, 0.2) is 43.0 Å². The van der Waals surface area contributed by atoms with Crippen LogP contribution in [0, 0.1) is 6.92 Å². The Hall–Kier alpha value is -1.83. The lowest BCUT2D eigenvalue weighted by molar-refractivity contribution is -0.670. The highest BCUT2D eigenvalue weighted by atomic mass is 15.1. The third-order valence-corrected chi connectivity index (χ3v) is 3.18. The summed E-state index contributed by atoms with van der Waals surface area (Å²) < 4.78 is 4.26. The van der Waals surface area contributed by atoms with E-state index >= 15 is 0 Å². The Labute approximate surface area is 95.5 Å². The van der Waals surface area contributed by atoms with Crippen molar-refractivity contribution in [2.75, 3.05) is 0 Å². The van der Waals surface area contributed by atoms with Gasteiger partial charge in [-0.05, 0) is 30.5 Å². The molecule has 1 heterocycles. The molecule has 0 aliphatic heterocycles. The van der Waals surface area contributed by atoms with Gasteiger partial charge in [0.05, 0.1) is 7.05 Å². The fraction of sp³-hybridized carbons (Fsp3) is 0.214. The van der Waals surface area contributed by atoms with E-state index in [0.717, 1.165) is 6.42 Å². The number of fused-ring (bicyclic) bond motifs is 1. The van der Waals surface area contributed by atoms with Crippen LogP contribution in [0.1, 0.15) is 16.7 Å². The molecule has 0 atom stereocenters. The number of benzene rings is 1. The van der Waals surface area contributed by atoms with Crippen LogP contribution in [0.3, 0.4) is 0 Å². The second-order valence-corrected chi connectivity index (χ2v) is 4.39. The second-order valence-electron chi connectivity index (χ2n) is 4.39. The number of nitrogens with zero attached hydrogens (tertiary/aromatic N) is 2. The van der Waals surface area contributed by atoms with Crippen LogP contribution in [0.4, 0.5) is 0 Å². The highest BCUT2D eigenvalue weighted by Gasteiger charge is 2.21. The molecule has 0 fully saturated rings. The maximum absolute atomic E-state index is 2.30. The van der Waals surface area contributed by atoms with Gasteiger partial charge in [0.1, 0.15) is 18.1 Å². The average Bonchev–Trinajstić information content (AvgIpc) is 2.84. The summed E-state index contributed by atoms with van der Waals surface area (Å²) in [5.41, 5.74) is 5.51. The van der Waals surface area contributed by atoms with Crippen molar-refractivity contribution in [1.82, 2.24) is 4.57 Å². The minimum atomic E-state index is 1.05. The molecule has 2 nitrogen and oxygen atoms in total. The molecule has 16 heavy (non-hydrogen) atoms. The molecule has 0 unspecified atom stereocenters. The molecule has 0 spiro atoms. The molecule has 0 bridgehead atoms. The molecule has 0 N–H and O–H groups in total. The van der Waals surface area contributed by atoms with Crippen LogP contribution in [0.5, 0.6) is 0 Å². The largest absolute Gasteiger partial charge is 0.248 e.